The molecule has 0 atom stereocenters. The Balaban J connectivity index is 1.63. The number of aryl methyl sites for hydroxylation is 1. The van der Waals surface area contributed by atoms with Gasteiger partial charge in [-0.1, -0.05) is 11.2 Å². The van der Waals surface area contributed by atoms with Gasteiger partial charge in [0, 0.05) is 18.0 Å². The van der Waals surface area contributed by atoms with Crippen LogP contribution in [0.4, 0.5) is 5.69 Å². The van der Waals surface area contributed by atoms with Crippen LogP contribution in [0.2, 0.25) is 0 Å². The second-order valence-electron chi connectivity index (χ2n) is 5.49. The van der Waals surface area contributed by atoms with Crippen molar-refractivity contribution in [1.82, 2.24) is 15.1 Å². The van der Waals surface area contributed by atoms with Crippen LogP contribution in [0.3, 0.4) is 0 Å². The second-order valence-corrected chi connectivity index (χ2v) is 5.49. The van der Waals surface area contributed by atoms with Crippen LogP contribution in [0.5, 0.6) is 5.75 Å². The van der Waals surface area contributed by atoms with Gasteiger partial charge in [0.2, 0.25) is 11.7 Å². The van der Waals surface area contributed by atoms with Crippen molar-refractivity contribution in [2.75, 3.05) is 11.5 Å². The number of benzene rings is 1. The summed E-state index contributed by atoms with van der Waals surface area (Å²) in [5.74, 6) is 1.33. The van der Waals surface area contributed by atoms with Crippen molar-refractivity contribution >= 4 is 11.6 Å². The molecule has 0 fully saturated rings. The largest absolute Gasteiger partial charge is 0.482 e. The first kappa shape index (κ1) is 14.4. The molecule has 0 N–H and O–H groups in total. The summed E-state index contributed by atoms with van der Waals surface area (Å²) in [4.78, 5) is 22.2. The van der Waals surface area contributed by atoms with Crippen molar-refractivity contribution in [2.24, 2.45) is 0 Å². The number of carbonyl (C=O) groups is 1. The number of amides is 1. The standard InChI is InChI=1S/C17H14N4O3/c1-11-4-5-14-13(7-11)21(16(22)10-23-14)9-15-19-17(20-24-15)12-3-2-6-18-8-12/h2-8H,9-10H2,1H3. The zero-order chi connectivity index (χ0) is 16.5. The van der Waals surface area contributed by atoms with Crippen LogP contribution in [-0.4, -0.2) is 27.6 Å². The lowest BCUT2D eigenvalue weighted by Crippen LogP contribution is -2.38. The number of hydrogen-bond acceptors (Lipinski definition) is 6. The Morgan fingerprint density at radius 3 is 3.04 bits per heavy atom. The first-order chi connectivity index (χ1) is 11.7. The lowest BCUT2D eigenvalue weighted by molar-refractivity contribution is -0.121. The number of pyridine rings is 1. The molecule has 1 aliphatic heterocycles. The van der Waals surface area contributed by atoms with E-state index in [4.69, 9.17) is 9.26 Å². The third-order valence-electron chi connectivity index (χ3n) is 3.74. The molecule has 0 aliphatic carbocycles. The molecule has 3 aromatic rings. The van der Waals surface area contributed by atoms with Gasteiger partial charge in [-0.3, -0.25) is 14.7 Å². The zero-order valence-electron chi connectivity index (χ0n) is 13.0. The summed E-state index contributed by atoms with van der Waals surface area (Å²) < 4.78 is 10.8. The van der Waals surface area contributed by atoms with Gasteiger partial charge >= 0.3 is 0 Å². The van der Waals surface area contributed by atoms with E-state index in [9.17, 15) is 4.79 Å². The fraction of sp³-hybridized carbons (Fsp3) is 0.176. The third-order valence-corrected chi connectivity index (χ3v) is 3.74. The summed E-state index contributed by atoms with van der Waals surface area (Å²) in [6, 6.07) is 9.36. The van der Waals surface area contributed by atoms with Crippen molar-refractivity contribution in [3.63, 3.8) is 0 Å². The van der Waals surface area contributed by atoms with Crippen molar-refractivity contribution in [1.29, 1.82) is 0 Å². The van der Waals surface area contributed by atoms with Crippen molar-refractivity contribution in [2.45, 2.75) is 13.5 Å². The van der Waals surface area contributed by atoms with E-state index in [1.165, 1.54) is 0 Å². The normalized spacial score (nSPS) is 13.5. The van der Waals surface area contributed by atoms with Crippen LogP contribution in [0.15, 0.2) is 47.2 Å². The van der Waals surface area contributed by atoms with Crippen molar-refractivity contribution in [3.05, 3.63) is 54.2 Å². The molecule has 120 valence electrons. The molecule has 0 saturated heterocycles. The van der Waals surface area contributed by atoms with Gasteiger partial charge in [0.25, 0.3) is 5.91 Å². The minimum Gasteiger partial charge on any atom is -0.482 e. The molecular weight excluding hydrogens is 308 g/mol. The molecule has 0 spiro atoms. The highest BCUT2D eigenvalue weighted by molar-refractivity contribution is 5.97. The maximum atomic E-state index is 12.3. The number of nitrogens with zero attached hydrogens (tertiary/aromatic N) is 4. The van der Waals surface area contributed by atoms with E-state index in [1.54, 1.807) is 23.4 Å². The molecule has 7 nitrogen and oxygen atoms in total. The van der Waals surface area contributed by atoms with Gasteiger partial charge in [-0.25, -0.2) is 0 Å². The average molecular weight is 322 g/mol. The fourth-order valence-corrected chi connectivity index (χ4v) is 2.55. The van der Waals surface area contributed by atoms with E-state index >= 15 is 0 Å². The van der Waals surface area contributed by atoms with Crippen LogP contribution in [0.1, 0.15) is 11.5 Å². The molecule has 2 aromatic heterocycles. The Kier molecular flexibility index (Phi) is 3.45. The highest BCUT2D eigenvalue weighted by Crippen LogP contribution is 2.33. The van der Waals surface area contributed by atoms with Gasteiger partial charge in [-0.2, -0.15) is 4.98 Å². The minimum atomic E-state index is -0.144. The number of anilines is 1. The van der Waals surface area contributed by atoms with E-state index in [-0.39, 0.29) is 19.1 Å². The predicted molar refractivity (Wildman–Crippen MR) is 85.4 cm³/mol. The van der Waals surface area contributed by atoms with Gasteiger partial charge in [-0.15, -0.1) is 0 Å². The summed E-state index contributed by atoms with van der Waals surface area (Å²) in [5, 5.41) is 3.96. The van der Waals surface area contributed by atoms with Crippen molar-refractivity contribution in [3.8, 4) is 17.1 Å². The van der Waals surface area contributed by atoms with E-state index in [1.807, 2.05) is 31.2 Å². The number of hydrogen-bond donors (Lipinski definition) is 0. The summed E-state index contributed by atoms with van der Waals surface area (Å²) in [7, 11) is 0. The lowest BCUT2D eigenvalue weighted by Gasteiger charge is -2.28. The molecule has 4 rings (SSSR count). The minimum absolute atomic E-state index is 0.000337. The number of rotatable bonds is 3. The summed E-state index contributed by atoms with van der Waals surface area (Å²) in [6.45, 7) is 2.16. The highest BCUT2D eigenvalue weighted by atomic mass is 16.5. The molecule has 0 unspecified atom stereocenters. The monoisotopic (exact) mass is 322 g/mol. The molecule has 1 aliphatic rings. The SMILES string of the molecule is Cc1ccc2c(c1)N(Cc1nc(-c3cccnc3)no1)C(=O)CO2. The first-order valence-electron chi connectivity index (χ1n) is 7.47. The first-order valence-corrected chi connectivity index (χ1v) is 7.47. The second kappa shape index (κ2) is 5.77. The number of aromatic nitrogens is 3. The van der Waals surface area contributed by atoms with E-state index < -0.39 is 0 Å². The highest BCUT2D eigenvalue weighted by Gasteiger charge is 2.27. The van der Waals surface area contributed by atoms with Crippen LogP contribution in [0, 0.1) is 6.92 Å². The molecule has 1 aromatic carbocycles. The lowest BCUT2D eigenvalue weighted by atomic mass is 10.1. The molecule has 0 saturated carbocycles. The molecule has 1 amide bonds. The smallest absolute Gasteiger partial charge is 0.265 e. The van der Waals surface area contributed by atoms with Gasteiger partial charge in [0.05, 0.1) is 5.69 Å². The van der Waals surface area contributed by atoms with Gasteiger partial charge < -0.3 is 9.26 Å². The Hall–Kier alpha value is -3.22. The van der Waals surface area contributed by atoms with Gasteiger partial charge in [-0.05, 0) is 36.8 Å². The van der Waals surface area contributed by atoms with Crippen molar-refractivity contribution < 1.29 is 14.1 Å². The maximum Gasteiger partial charge on any atom is 0.265 e. The molecule has 0 bridgehead atoms. The Morgan fingerprint density at radius 1 is 1.29 bits per heavy atom. The Morgan fingerprint density at radius 2 is 2.21 bits per heavy atom. The zero-order valence-corrected chi connectivity index (χ0v) is 13.0. The molecule has 7 heteroatoms. The van der Waals surface area contributed by atoms with Crippen LogP contribution < -0.4 is 9.64 Å². The van der Waals surface area contributed by atoms with E-state index in [0.717, 1.165) is 11.1 Å². The van der Waals surface area contributed by atoms with E-state index in [2.05, 4.69) is 15.1 Å². The average Bonchev–Trinajstić information content (AvgIpc) is 3.07. The molecule has 0 radical (unpaired) electrons. The number of ether oxygens (including phenoxy) is 1. The van der Waals surface area contributed by atoms with Gasteiger partial charge in [0.15, 0.2) is 6.61 Å². The number of carbonyl (C=O) groups excluding carboxylic acids is 1. The summed E-state index contributed by atoms with van der Waals surface area (Å²) in [6.07, 6.45) is 3.34. The third kappa shape index (κ3) is 2.60. The van der Waals surface area contributed by atoms with Crippen LogP contribution in [-0.2, 0) is 11.3 Å². The summed E-state index contributed by atoms with van der Waals surface area (Å²) >= 11 is 0. The topological polar surface area (TPSA) is 81.4 Å². The van der Waals surface area contributed by atoms with E-state index in [0.29, 0.717) is 23.2 Å². The fourth-order valence-electron chi connectivity index (χ4n) is 2.55. The number of fused-ring (bicyclic) bond motifs is 1. The molecule has 24 heavy (non-hydrogen) atoms. The van der Waals surface area contributed by atoms with Gasteiger partial charge in [0.1, 0.15) is 12.3 Å². The molecular formula is C17H14N4O3. The Bertz CT molecular complexity index is 892. The maximum absolute atomic E-state index is 12.3. The van der Waals surface area contributed by atoms with Crippen LogP contribution >= 0.6 is 0 Å². The predicted octanol–water partition coefficient (Wildman–Crippen LogP) is 2.37. The quantitative estimate of drug-likeness (QED) is 0.736. The Labute approximate surface area is 137 Å². The molecule has 3 heterocycles. The van der Waals surface area contributed by atoms with Crippen LogP contribution in [0.25, 0.3) is 11.4 Å². The summed E-state index contributed by atoms with van der Waals surface area (Å²) in [5.41, 5.74) is 2.52.